The summed E-state index contributed by atoms with van der Waals surface area (Å²) in [7, 11) is 0. The fourth-order valence-electron chi connectivity index (χ4n) is 7.32. The van der Waals surface area contributed by atoms with E-state index < -0.39 is 17.6 Å². The highest BCUT2D eigenvalue weighted by atomic mass is 16.3. The highest BCUT2D eigenvalue weighted by Crippen LogP contribution is 2.55. The van der Waals surface area contributed by atoms with Gasteiger partial charge in [0.1, 0.15) is 6.04 Å². The van der Waals surface area contributed by atoms with E-state index in [1.54, 1.807) is 4.90 Å². The molecular weight excluding hydrogens is 468 g/mol. The van der Waals surface area contributed by atoms with Gasteiger partial charge in [-0.05, 0) is 61.4 Å². The fourth-order valence-corrected chi connectivity index (χ4v) is 7.32. The topological polar surface area (TPSA) is 106 Å². The third-order valence-corrected chi connectivity index (χ3v) is 9.45. The second-order valence-corrected chi connectivity index (χ2v) is 11.6. The Morgan fingerprint density at radius 1 is 1.08 bits per heavy atom. The van der Waals surface area contributed by atoms with Crippen LogP contribution in [0.5, 0.6) is 0 Å². The molecule has 6 rings (SSSR count). The van der Waals surface area contributed by atoms with Crippen molar-refractivity contribution in [1.82, 2.24) is 20.1 Å². The van der Waals surface area contributed by atoms with Crippen LogP contribution in [0.4, 0.5) is 0 Å². The summed E-state index contributed by atoms with van der Waals surface area (Å²) in [5, 5.41) is 14.8. The number of piperidine rings is 2. The Balaban J connectivity index is 1.28. The van der Waals surface area contributed by atoms with Crippen LogP contribution < -0.4 is 5.32 Å². The van der Waals surface area contributed by atoms with Crippen LogP contribution in [0.2, 0.25) is 0 Å². The van der Waals surface area contributed by atoms with Crippen LogP contribution in [0.25, 0.3) is 0 Å². The molecule has 1 aromatic heterocycles. The predicted molar refractivity (Wildman–Crippen MR) is 137 cm³/mol. The maximum absolute atomic E-state index is 13.2. The lowest BCUT2D eigenvalue weighted by molar-refractivity contribution is -0.159. The monoisotopic (exact) mass is 504 g/mol. The lowest BCUT2D eigenvalue weighted by Crippen LogP contribution is -2.58. The summed E-state index contributed by atoms with van der Waals surface area (Å²) in [5.41, 5.74) is 3.65. The number of amides is 3. The first kappa shape index (κ1) is 24.4. The van der Waals surface area contributed by atoms with Gasteiger partial charge in [-0.1, -0.05) is 31.4 Å². The molecule has 2 unspecified atom stereocenters. The Hall–Kier alpha value is -2.97. The van der Waals surface area contributed by atoms with Crippen LogP contribution in [0.1, 0.15) is 84.1 Å². The molecule has 8 nitrogen and oxygen atoms in total. The van der Waals surface area contributed by atoms with Gasteiger partial charge in [0.05, 0.1) is 5.60 Å². The molecule has 2 atom stereocenters. The van der Waals surface area contributed by atoms with E-state index in [-0.39, 0.29) is 23.7 Å². The molecule has 8 heteroatoms. The van der Waals surface area contributed by atoms with E-state index in [0.29, 0.717) is 24.9 Å². The minimum Gasteiger partial charge on any atom is -0.384 e. The molecule has 1 saturated carbocycles. The van der Waals surface area contributed by atoms with Crippen LogP contribution in [0, 0.1) is 12.3 Å². The standard InChI is InChI=1S/C29H36N4O4/c1-19-9-13-30-23(19)17-32-14-12-29(37,28(18-32)10-3-2-4-11-28)21-5-6-22-20(15-21)16-33(27(22)36)24-7-8-25(34)31-26(24)35/h5-6,9,13,15,24,30,37H,2-4,7-8,10-12,14,16-18H2,1H3,(H,31,34,35). The minimum absolute atomic E-state index is 0.174. The van der Waals surface area contributed by atoms with Gasteiger partial charge in [-0.25, -0.2) is 0 Å². The van der Waals surface area contributed by atoms with Gasteiger partial charge >= 0.3 is 0 Å². The number of aryl methyl sites for hydroxylation is 1. The number of carbonyl (C=O) groups is 3. The molecule has 3 N–H and O–H groups in total. The summed E-state index contributed by atoms with van der Waals surface area (Å²) < 4.78 is 0. The van der Waals surface area contributed by atoms with E-state index in [1.807, 2.05) is 24.4 Å². The number of aromatic nitrogens is 1. The summed E-state index contributed by atoms with van der Waals surface area (Å²) >= 11 is 0. The first-order chi connectivity index (χ1) is 17.8. The van der Waals surface area contributed by atoms with Crippen molar-refractivity contribution in [2.45, 2.75) is 83.0 Å². The van der Waals surface area contributed by atoms with Crippen LogP contribution in [0.15, 0.2) is 30.5 Å². The van der Waals surface area contributed by atoms with Crippen molar-refractivity contribution in [3.8, 4) is 0 Å². The summed E-state index contributed by atoms with van der Waals surface area (Å²) in [6.45, 7) is 4.97. The van der Waals surface area contributed by atoms with Gasteiger partial charge < -0.3 is 15.0 Å². The summed E-state index contributed by atoms with van der Waals surface area (Å²) in [5.74, 6) is -0.862. The van der Waals surface area contributed by atoms with Gasteiger partial charge in [-0.2, -0.15) is 0 Å². The normalized spacial score (nSPS) is 28.0. The van der Waals surface area contributed by atoms with Gasteiger partial charge in [0, 0.05) is 55.5 Å². The second-order valence-electron chi connectivity index (χ2n) is 11.6. The van der Waals surface area contributed by atoms with E-state index >= 15 is 0 Å². The first-order valence-electron chi connectivity index (χ1n) is 13.7. The molecule has 4 aliphatic rings. The van der Waals surface area contributed by atoms with Crippen molar-refractivity contribution >= 4 is 17.7 Å². The molecule has 1 spiro atoms. The van der Waals surface area contributed by atoms with Crippen LogP contribution in [-0.2, 0) is 28.3 Å². The molecule has 0 radical (unpaired) electrons. The number of aromatic amines is 1. The highest BCUT2D eigenvalue weighted by molar-refractivity contribution is 6.05. The molecular formula is C29H36N4O4. The van der Waals surface area contributed by atoms with E-state index in [9.17, 15) is 19.5 Å². The van der Waals surface area contributed by atoms with Gasteiger partial charge in [0.15, 0.2) is 0 Å². The molecule has 3 amide bonds. The van der Waals surface area contributed by atoms with Crippen LogP contribution >= 0.6 is 0 Å². The number of imide groups is 1. The molecule has 1 aliphatic carbocycles. The van der Waals surface area contributed by atoms with Gasteiger partial charge in [-0.15, -0.1) is 0 Å². The molecule has 3 fully saturated rings. The quantitative estimate of drug-likeness (QED) is 0.555. The number of hydrogen-bond donors (Lipinski definition) is 3. The predicted octanol–water partition coefficient (Wildman–Crippen LogP) is 3.13. The van der Waals surface area contributed by atoms with Gasteiger partial charge in [0.25, 0.3) is 5.91 Å². The number of fused-ring (bicyclic) bond motifs is 1. The molecule has 4 heterocycles. The number of nitrogens with zero attached hydrogens (tertiary/aromatic N) is 2. The number of likely N-dealkylation sites (tertiary alicyclic amines) is 1. The first-order valence-corrected chi connectivity index (χ1v) is 13.7. The average molecular weight is 505 g/mol. The average Bonchev–Trinajstić information content (AvgIpc) is 3.44. The highest BCUT2D eigenvalue weighted by Gasteiger charge is 2.55. The molecule has 37 heavy (non-hydrogen) atoms. The SMILES string of the molecule is Cc1cc[nH]c1CN1CCC(O)(c2ccc3c(c2)CN(C2CCC(=O)NC2=O)C3=O)C2(CCCCC2)C1. The van der Waals surface area contributed by atoms with Crippen molar-refractivity contribution in [1.29, 1.82) is 0 Å². The van der Waals surface area contributed by atoms with Crippen molar-refractivity contribution in [3.63, 3.8) is 0 Å². The maximum atomic E-state index is 13.2. The number of carbonyl (C=O) groups excluding carboxylic acids is 3. The van der Waals surface area contributed by atoms with E-state index in [1.165, 1.54) is 17.7 Å². The van der Waals surface area contributed by atoms with Gasteiger partial charge in [-0.3, -0.25) is 24.6 Å². The third kappa shape index (κ3) is 4.01. The lowest BCUT2D eigenvalue weighted by Gasteiger charge is -2.56. The third-order valence-electron chi connectivity index (χ3n) is 9.45. The van der Waals surface area contributed by atoms with Crippen molar-refractivity contribution in [2.75, 3.05) is 13.1 Å². The van der Waals surface area contributed by atoms with E-state index in [2.05, 4.69) is 28.2 Å². The smallest absolute Gasteiger partial charge is 0.255 e. The number of rotatable bonds is 4. The van der Waals surface area contributed by atoms with E-state index in [0.717, 1.165) is 56.4 Å². The van der Waals surface area contributed by atoms with Crippen LogP contribution in [0.3, 0.4) is 0 Å². The molecule has 1 aromatic carbocycles. The number of hydrogen-bond acceptors (Lipinski definition) is 5. The van der Waals surface area contributed by atoms with E-state index in [4.69, 9.17) is 0 Å². The Morgan fingerprint density at radius 3 is 2.62 bits per heavy atom. The summed E-state index contributed by atoms with van der Waals surface area (Å²) in [6.07, 6.45) is 8.64. The second kappa shape index (κ2) is 9.10. The zero-order valence-corrected chi connectivity index (χ0v) is 21.5. The van der Waals surface area contributed by atoms with Gasteiger partial charge in [0.2, 0.25) is 11.8 Å². The minimum atomic E-state index is -0.963. The summed E-state index contributed by atoms with van der Waals surface area (Å²) in [6, 6.07) is 7.26. The molecule has 196 valence electrons. The Labute approximate surface area is 217 Å². The Bertz CT molecular complexity index is 1250. The lowest BCUT2D eigenvalue weighted by atomic mass is 9.57. The summed E-state index contributed by atoms with van der Waals surface area (Å²) in [4.78, 5) is 44.7. The number of aliphatic hydroxyl groups is 1. The molecule has 3 aliphatic heterocycles. The largest absolute Gasteiger partial charge is 0.384 e. The number of benzene rings is 1. The fraction of sp³-hybridized carbons (Fsp3) is 0.552. The maximum Gasteiger partial charge on any atom is 0.255 e. The molecule has 2 aromatic rings. The Kier molecular flexibility index (Phi) is 5.99. The zero-order chi connectivity index (χ0) is 25.8. The zero-order valence-electron chi connectivity index (χ0n) is 21.5. The number of nitrogens with one attached hydrogen (secondary N) is 2. The van der Waals surface area contributed by atoms with Crippen molar-refractivity contribution < 1.29 is 19.5 Å². The molecule has 0 bridgehead atoms. The van der Waals surface area contributed by atoms with Crippen molar-refractivity contribution in [2.24, 2.45) is 5.41 Å². The Morgan fingerprint density at radius 2 is 1.89 bits per heavy atom. The molecule has 2 saturated heterocycles. The number of H-pyrrole nitrogens is 1. The van der Waals surface area contributed by atoms with Crippen LogP contribution in [-0.4, -0.2) is 56.7 Å². The van der Waals surface area contributed by atoms with Crippen molar-refractivity contribution in [3.05, 3.63) is 58.4 Å².